The molecule has 0 saturated carbocycles. The summed E-state index contributed by atoms with van der Waals surface area (Å²) in [6, 6.07) is 7.84. The lowest BCUT2D eigenvalue weighted by Gasteiger charge is -2.31. The Kier molecular flexibility index (Phi) is 7.41. The standard InChI is InChI=1S/C19H34N2/c1-8-20-19(13-21(7)17(6)11-14(2)3)18-10-9-15(4)12-16(18)5/h9-10,12,14,17,19-20H,8,11,13H2,1-7H3. The molecule has 0 aliphatic rings. The number of nitrogens with one attached hydrogen (secondary N) is 1. The average Bonchev–Trinajstić information content (AvgIpc) is 2.37. The van der Waals surface area contributed by atoms with Crippen LogP contribution in [0.2, 0.25) is 0 Å². The second-order valence-corrected chi connectivity index (χ2v) is 6.89. The molecule has 120 valence electrons. The second-order valence-electron chi connectivity index (χ2n) is 6.89. The van der Waals surface area contributed by atoms with E-state index in [4.69, 9.17) is 0 Å². The Balaban J connectivity index is 2.81. The van der Waals surface area contributed by atoms with Crippen molar-refractivity contribution in [2.45, 2.75) is 60.0 Å². The van der Waals surface area contributed by atoms with Crippen LogP contribution in [-0.4, -0.2) is 31.1 Å². The van der Waals surface area contributed by atoms with Gasteiger partial charge in [0.2, 0.25) is 0 Å². The van der Waals surface area contributed by atoms with E-state index in [9.17, 15) is 0 Å². The van der Waals surface area contributed by atoms with Gasteiger partial charge in [0.1, 0.15) is 0 Å². The molecule has 0 fully saturated rings. The lowest BCUT2D eigenvalue weighted by atomic mass is 9.97. The molecule has 1 aromatic rings. The molecule has 0 aromatic heterocycles. The number of aryl methyl sites for hydroxylation is 2. The van der Waals surface area contributed by atoms with Gasteiger partial charge in [-0.1, -0.05) is 44.5 Å². The number of nitrogens with zero attached hydrogens (tertiary/aromatic N) is 1. The summed E-state index contributed by atoms with van der Waals surface area (Å²) in [6.45, 7) is 15.6. The molecule has 2 unspecified atom stereocenters. The minimum atomic E-state index is 0.412. The van der Waals surface area contributed by atoms with Gasteiger partial charge < -0.3 is 10.2 Å². The number of benzene rings is 1. The summed E-state index contributed by atoms with van der Waals surface area (Å²) >= 11 is 0. The summed E-state index contributed by atoms with van der Waals surface area (Å²) in [6.07, 6.45) is 1.25. The highest BCUT2D eigenvalue weighted by molar-refractivity contribution is 5.33. The monoisotopic (exact) mass is 290 g/mol. The zero-order valence-corrected chi connectivity index (χ0v) is 15.0. The number of hydrogen-bond acceptors (Lipinski definition) is 2. The van der Waals surface area contributed by atoms with Gasteiger partial charge in [-0.25, -0.2) is 0 Å². The summed E-state index contributed by atoms with van der Waals surface area (Å²) in [5.74, 6) is 0.751. The van der Waals surface area contributed by atoms with Crippen molar-refractivity contribution in [2.75, 3.05) is 20.1 Å². The molecular formula is C19H34N2. The fourth-order valence-corrected chi connectivity index (χ4v) is 3.07. The first kappa shape index (κ1) is 18.2. The van der Waals surface area contributed by atoms with Crippen molar-refractivity contribution >= 4 is 0 Å². The van der Waals surface area contributed by atoms with Crippen molar-refractivity contribution in [3.05, 3.63) is 34.9 Å². The molecule has 0 bridgehead atoms. The second kappa shape index (κ2) is 8.55. The summed E-state index contributed by atoms with van der Waals surface area (Å²) in [4.78, 5) is 2.49. The van der Waals surface area contributed by atoms with E-state index < -0.39 is 0 Å². The van der Waals surface area contributed by atoms with Crippen LogP contribution in [-0.2, 0) is 0 Å². The van der Waals surface area contributed by atoms with Gasteiger partial charge in [-0.05, 0) is 57.8 Å². The van der Waals surface area contributed by atoms with Crippen molar-refractivity contribution < 1.29 is 0 Å². The van der Waals surface area contributed by atoms with Gasteiger partial charge in [0.05, 0.1) is 0 Å². The molecule has 1 aromatic carbocycles. The molecule has 0 heterocycles. The maximum Gasteiger partial charge on any atom is 0.0451 e. The Labute approximate surface area is 131 Å². The molecule has 0 spiro atoms. The number of hydrogen-bond donors (Lipinski definition) is 1. The molecule has 0 amide bonds. The van der Waals surface area contributed by atoms with E-state index in [1.54, 1.807) is 0 Å². The molecule has 0 aliphatic carbocycles. The van der Waals surface area contributed by atoms with Crippen LogP contribution >= 0.6 is 0 Å². The maximum absolute atomic E-state index is 3.66. The Morgan fingerprint density at radius 3 is 2.33 bits per heavy atom. The van der Waals surface area contributed by atoms with Gasteiger partial charge in [0.25, 0.3) is 0 Å². The zero-order valence-electron chi connectivity index (χ0n) is 15.0. The molecule has 0 radical (unpaired) electrons. The third kappa shape index (κ3) is 5.80. The van der Waals surface area contributed by atoms with E-state index >= 15 is 0 Å². The molecule has 2 nitrogen and oxygen atoms in total. The maximum atomic E-state index is 3.66. The van der Waals surface area contributed by atoms with Crippen molar-refractivity contribution in [3.63, 3.8) is 0 Å². The van der Waals surface area contributed by atoms with E-state index in [0.29, 0.717) is 12.1 Å². The van der Waals surface area contributed by atoms with E-state index in [-0.39, 0.29) is 0 Å². The molecule has 2 atom stereocenters. The third-order valence-corrected chi connectivity index (χ3v) is 4.29. The molecule has 21 heavy (non-hydrogen) atoms. The minimum Gasteiger partial charge on any atom is -0.309 e. The fraction of sp³-hybridized carbons (Fsp3) is 0.684. The molecule has 0 saturated heterocycles. The fourth-order valence-electron chi connectivity index (χ4n) is 3.07. The number of likely N-dealkylation sites (N-methyl/N-ethyl adjacent to an activating group) is 2. The summed E-state index contributed by atoms with van der Waals surface area (Å²) in [5.41, 5.74) is 4.17. The Morgan fingerprint density at radius 2 is 1.81 bits per heavy atom. The van der Waals surface area contributed by atoms with Gasteiger partial charge in [0.15, 0.2) is 0 Å². The SMILES string of the molecule is CCNC(CN(C)C(C)CC(C)C)c1ccc(C)cc1C. The third-order valence-electron chi connectivity index (χ3n) is 4.29. The Morgan fingerprint density at radius 1 is 1.14 bits per heavy atom. The predicted molar refractivity (Wildman–Crippen MR) is 93.9 cm³/mol. The van der Waals surface area contributed by atoms with Crippen LogP contribution < -0.4 is 5.32 Å². The van der Waals surface area contributed by atoms with Crippen LogP contribution in [0.3, 0.4) is 0 Å². The number of rotatable bonds is 8. The molecule has 1 rings (SSSR count). The van der Waals surface area contributed by atoms with Crippen LogP contribution in [0, 0.1) is 19.8 Å². The molecule has 1 N–H and O–H groups in total. The van der Waals surface area contributed by atoms with Crippen LogP contribution in [0.1, 0.15) is 56.8 Å². The van der Waals surface area contributed by atoms with E-state index in [1.807, 2.05) is 0 Å². The molecule has 2 heteroatoms. The van der Waals surface area contributed by atoms with Crippen LogP contribution in [0.4, 0.5) is 0 Å². The molecular weight excluding hydrogens is 256 g/mol. The highest BCUT2D eigenvalue weighted by Gasteiger charge is 2.18. The van der Waals surface area contributed by atoms with Crippen LogP contribution in [0.15, 0.2) is 18.2 Å². The smallest absolute Gasteiger partial charge is 0.0451 e. The van der Waals surface area contributed by atoms with Gasteiger partial charge >= 0.3 is 0 Å². The Hall–Kier alpha value is -0.860. The first-order valence-corrected chi connectivity index (χ1v) is 8.35. The van der Waals surface area contributed by atoms with Gasteiger partial charge in [-0.15, -0.1) is 0 Å². The topological polar surface area (TPSA) is 15.3 Å². The van der Waals surface area contributed by atoms with E-state index in [2.05, 4.69) is 77.0 Å². The van der Waals surface area contributed by atoms with Crippen molar-refractivity contribution in [3.8, 4) is 0 Å². The van der Waals surface area contributed by atoms with Crippen molar-refractivity contribution in [1.29, 1.82) is 0 Å². The zero-order chi connectivity index (χ0) is 16.0. The summed E-state index contributed by atoms with van der Waals surface area (Å²) in [5, 5.41) is 3.66. The summed E-state index contributed by atoms with van der Waals surface area (Å²) < 4.78 is 0. The lowest BCUT2D eigenvalue weighted by molar-refractivity contribution is 0.206. The van der Waals surface area contributed by atoms with Gasteiger partial charge in [0, 0.05) is 18.6 Å². The first-order chi connectivity index (χ1) is 9.85. The minimum absolute atomic E-state index is 0.412. The highest BCUT2D eigenvalue weighted by atomic mass is 15.1. The van der Waals surface area contributed by atoms with Gasteiger partial charge in [-0.2, -0.15) is 0 Å². The van der Waals surface area contributed by atoms with Crippen molar-refractivity contribution in [2.24, 2.45) is 5.92 Å². The quantitative estimate of drug-likeness (QED) is 0.767. The normalized spacial score (nSPS) is 14.7. The lowest BCUT2D eigenvalue weighted by Crippen LogP contribution is -2.38. The Bertz CT molecular complexity index is 426. The molecule has 0 aliphatic heterocycles. The first-order valence-electron chi connectivity index (χ1n) is 8.35. The summed E-state index contributed by atoms with van der Waals surface area (Å²) in [7, 11) is 2.25. The van der Waals surface area contributed by atoms with E-state index in [1.165, 1.54) is 23.1 Å². The van der Waals surface area contributed by atoms with Crippen molar-refractivity contribution in [1.82, 2.24) is 10.2 Å². The predicted octanol–water partition coefficient (Wildman–Crippen LogP) is 4.32. The van der Waals surface area contributed by atoms with Crippen LogP contribution in [0.25, 0.3) is 0 Å². The average molecular weight is 290 g/mol. The highest BCUT2D eigenvalue weighted by Crippen LogP contribution is 2.21. The largest absolute Gasteiger partial charge is 0.309 e. The van der Waals surface area contributed by atoms with Gasteiger partial charge in [-0.3, -0.25) is 0 Å². The van der Waals surface area contributed by atoms with Crippen LogP contribution in [0.5, 0.6) is 0 Å². The van der Waals surface area contributed by atoms with E-state index in [0.717, 1.165) is 19.0 Å².